The topological polar surface area (TPSA) is 110 Å². The van der Waals surface area contributed by atoms with Crippen LogP contribution in [0.25, 0.3) is 0 Å². The number of furan rings is 1. The third kappa shape index (κ3) is 3.90. The Balaban J connectivity index is 2.11. The number of benzene rings is 1. The Bertz CT molecular complexity index is 669. The number of oxime groups is 1. The summed E-state index contributed by atoms with van der Waals surface area (Å²) in [7, 11) is 0. The Morgan fingerprint density at radius 3 is 2.81 bits per heavy atom. The van der Waals surface area contributed by atoms with Crippen molar-refractivity contribution in [1.29, 1.82) is 0 Å². The first-order valence-electron chi connectivity index (χ1n) is 5.85. The van der Waals surface area contributed by atoms with Crippen LogP contribution in [0.3, 0.4) is 0 Å². The zero-order chi connectivity index (χ0) is 15.2. The number of amidine groups is 1. The molecule has 0 saturated carbocycles. The summed E-state index contributed by atoms with van der Waals surface area (Å²) in [5.74, 6) is -0.114. The van der Waals surface area contributed by atoms with E-state index in [1.807, 2.05) is 0 Å². The molecule has 21 heavy (non-hydrogen) atoms. The minimum absolute atomic E-state index is 0.0752. The second kappa shape index (κ2) is 6.67. The molecular weight excluding hydrogens is 298 g/mol. The van der Waals surface area contributed by atoms with Gasteiger partial charge in [-0.3, -0.25) is 4.79 Å². The van der Waals surface area contributed by atoms with E-state index >= 15 is 0 Å². The van der Waals surface area contributed by atoms with Crippen LogP contribution in [0.5, 0.6) is 5.75 Å². The number of nitrogens with zero attached hydrogens (tertiary/aromatic N) is 1. The summed E-state index contributed by atoms with van der Waals surface area (Å²) in [5, 5.41) is 14.0. The Morgan fingerprint density at radius 2 is 2.14 bits per heavy atom. The highest BCUT2D eigenvalue weighted by molar-refractivity contribution is 6.29. The number of amides is 1. The first-order valence-corrected chi connectivity index (χ1v) is 6.23. The summed E-state index contributed by atoms with van der Waals surface area (Å²) in [6, 6.07) is 9.65. The van der Waals surface area contributed by atoms with Gasteiger partial charge in [0.2, 0.25) is 0 Å². The predicted octanol–water partition coefficient (Wildman–Crippen LogP) is 2.31. The number of hydrogen-bond acceptors (Lipinski definition) is 5. The second-order valence-electron chi connectivity index (χ2n) is 3.93. The minimum Gasteiger partial charge on any atom is -0.483 e. The van der Waals surface area contributed by atoms with Gasteiger partial charge in [-0.05, 0) is 35.9 Å². The molecule has 4 N–H and O–H groups in total. The van der Waals surface area contributed by atoms with Gasteiger partial charge in [-0.15, -0.1) is 0 Å². The van der Waals surface area contributed by atoms with Gasteiger partial charge in [-0.25, -0.2) is 0 Å². The maximum atomic E-state index is 12.0. The molecule has 0 atom stereocenters. The average Bonchev–Trinajstić information content (AvgIpc) is 2.92. The standard InChI is InChI=1S/C13H12ClN3O4/c14-11-6-5-10(21-11)13(18)16-8-3-1-2-4-9(8)20-7-12(15)17-19/h1-6,19H,7H2,(H2,15,17)(H,16,18). The van der Waals surface area contributed by atoms with E-state index in [0.717, 1.165) is 0 Å². The number of anilines is 1. The lowest BCUT2D eigenvalue weighted by molar-refractivity contribution is 0.0996. The molecule has 0 spiro atoms. The van der Waals surface area contributed by atoms with E-state index in [2.05, 4.69) is 10.5 Å². The monoisotopic (exact) mass is 309 g/mol. The van der Waals surface area contributed by atoms with E-state index in [1.54, 1.807) is 24.3 Å². The lowest BCUT2D eigenvalue weighted by Gasteiger charge is -2.11. The van der Waals surface area contributed by atoms with Crippen molar-refractivity contribution in [3.8, 4) is 5.75 Å². The molecule has 0 unspecified atom stereocenters. The lowest BCUT2D eigenvalue weighted by Crippen LogP contribution is -2.21. The van der Waals surface area contributed by atoms with Gasteiger partial charge in [-0.2, -0.15) is 0 Å². The van der Waals surface area contributed by atoms with Crippen LogP contribution in [0.1, 0.15) is 10.6 Å². The van der Waals surface area contributed by atoms with E-state index in [4.69, 9.17) is 31.7 Å². The first kappa shape index (κ1) is 14.7. The second-order valence-corrected chi connectivity index (χ2v) is 4.31. The molecule has 1 heterocycles. The Kier molecular flexibility index (Phi) is 4.68. The molecule has 0 fully saturated rings. The third-order valence-corrected chi connectivity index (χ3v) is 2.64. The van der Waals surface area contributed by atoms with E-state index < -0.39 is 5.91 Å². The summed E-state index contributed by atoms with van der Waals surface area (Å²) >= 11 is 5.62. The summed E-state index contributed by atoms with van der Waals surface area (Å²) in [4.78, 5) is 12.0. The lowest BCUT2D eigenvalue weighted by atomic mass is 10.3. The molecule has 110 valence electrons. The third-order valence-electron chi connectivity index (χ3n) is 2.44. The van der Waals surface area contributed by atoms with Crippen LogP contribution in [0.15, 0.2) is 46.0 Å². The maximum absolute atomic E-state index is 12.0. The van der Waals surface area contributed by atoms with Crippen LogP contribution in [0, 0.1) is 0 Å². The zero-order valence-corrected chi connectivity index (χ0v) is 11.5. The highest BCUT2D eigenvalue weighted by Gasteiger charge is 2.13. The molecule has 2 rings (SSSR count). The van der Waals surface area contributed by atoms with E-state index in [9.17, 15) is 4.79 Å². The van der Waals surface area contributed by atoms with E-state index in [-0.39, 0.29) is 23.4 Å². The van der Waals surface area contributed by atoms with Crippen molar-refractivity contribution in [3.63, 3.8) is 0 Å². The molecule has 1 aromatic carbocycles. The van der Waals surface area contributed by atoms with Gasteiger partial charge in [0.05, 0.1) is 5.69 Å². The molecule has 0 saturated heterocycles. The number of ether oxygens (including phenoxy) is 1. The van der Waals surface area contributed by atoms with Crippen LogP contribution < -0.4 is 15.8 Å². The Morgan fingerprint density at radius 1 is 1.38 bits per heavy atom. The summed E-state index contributed by atoms with van der Waals surface area (Å²) in [6.07, 6.45) is 0. The smallest absolute Gasteiger partial charge is 0.291 e. The number of rotatable bonds is 5. The highest BCUT2D eigenvalue weighted by Crippen LogP contribution is 2.24. The van der Waals surface area contributed by atoms with Crippen LogP contribution in [-0.4, -0.2) is 23.6 Å². The van der Waals surface area contributed by atoms with Crippen molar-refractivity contribution in [2.45, 2.75) is 0 Å². The molecule has 0 aliphatic carbocycles. The predicted molar refractivity (Wildman–Crippen MR) is 77.0 cm³/mol. The highest BCUT2D eigenvalue weighted by atomic mass is 35.5. The van der Waals surface area contributed by atoms with Crippen molar-refractivity contribution in [1.82, 2.24) is 0 Å². The molecule has 1 aromatic heterocycles. The fourth-order valence-electron chi connectivity index (χ4n) is 1.50. The molecule has 0 aliphatic heterocycles. The van der Waals surface area contributed by atoms with Crippen molar-refractivity contribution in [3.05, 3.63) is 47.4 Å². The minimum atomic E-state index is -0.471. The zero-order valence-electron chi connectivity index (χ0n) is 10.7. The summed E-state index contributed by atoms with van der Waals surface area (Å²) < 4.78 is 10.4. The molecule has 0 radical (unpaired) electrons. The van der Waals surface area contributed by atoms with Gasteiger partial charge >= 0.3 is 0 Å². The number of hydrogen-bond donors (Lipinski definition) is 3. The van der Waals surface area contributed by atoms with Gasteiger partial charge in [0.25, 0.3) is 5.91 Å². The average molecular weight is 310 g/mol. The Labute approximate surface area is 124 Å². The Hall–Kier alpha value is -2.67. The quantitative estimate of drug-likeness (QED) is 0.340. The fourth-order valence-corrected chi connectivity index (χ4v) is 1.64. The van der Waals surface area contributed by atoms with Crippen LogP contribution in [0.2, 0.25) is 5.22 Å². The first-order chi connectivity index (χ1) is 10.1. The largest absolute Gasteiger partial charge is 0.483 e. The molecule has 7 nitrogen and oxygen atoms in total. The maximum Gasteiger partial charge on any atom is 0.291 e. The fraction of sp³-hybridized carbons (Fsp3) is 0.0769. The van der Waals surface area contributed by atoms with Crippen molar-refractivity contribution >= 4 is 29.0 Å². The van der Waals surface area contributed by atoms with Gasteiger partial charge in [-0.1, -0.05) is 17.3 Å². The SMILES string of the molecule is N/C(COc1ccccc1NC(=O)c1ccc(Cl)o1)=N/O. The van der Waals surface area contributed by atoms with Gasteiger partial charge < -0.3 is 25.4 Å². The number of carbonyl (C=O) groups excluding carboxylic acids is 1. The molecule has 8 heteroatoms. The summed E-state index contributed by atoms with van der Waals surface area (Å²) in [5.41, 5.74) is 5.74. The number of carbonyl (C=O) groups is 1. The molecule has 0 aliphatic rings. The van der Waals surface area contributed by atoms with Gasteiger partial charge in [0.15, 0.2) is 16.8 Å². The van der Waals surface area contributed by atoms with E-state index in [1.165, 1.54) is 12.1 Å². The van der Waals surface area contributed by atoms with Gasteiger partial charge in [0, 0.05) is 0 Å². The molecule has 2 aromatic rings. The van der Waals surface area contributed by atoms with Crippen molar-refractivity contribution in [2.75, 3.05) is 11.9 Å². The van der Waals surface area contributed by atoms with Crippen LogP contribution in [0.4, 0.5) is 5.69 Å². The number of para-hydroxylation sites is 2. The molecule has 0 bridgehead atoms. The van der Waals surface area contributed by atoms with E-state index in [0.29, 0.717) is 11.4 Å². The number of nitrogens with two attached hydrogens (primary N) is 1. The number of halogens is 1. The van der Waals surface area contributed by atoms with Crippen molar-refractivity contribution < 1.29 is 19.2 Å². The molecular formula is C13H12ClN3O4. The van der Waals surface area contributed by atoms with Crippen LogP contribution in [-0.2, 0) is 0 Å². The van der Waals surface area contributed by atoms with Gasteiger partial charge in [0.1, 0.15) is 12.4 Å². The summed E-state index contributed by atoms with van der Waals surface area (Å²) in [6.45, 7) is -0.115. The molecule has 1 amide bonds. The normalized spacial score (nSPS) is 11.2. The van der Waals surface area contributed by atoms with Crippen molar-refractivity contribution in [2.24, 2.45) is 10.9 Å². The number of nitrogens with one attached hydrogen (secondary N) is 1. The van der Waals surface area contributed by atoms with Crippen LogP contribution >= 0.6 is 11.6 Å².